The summed E-state index contributed by atoms with van der Waals surface area (Å²) in [6.07, 6.45) is 3.75. The average molecular weight is 296 g/mol. The maximum Gasteiger partial charge on any atom is 0.0761 e. The van der Waals surface area contributed by atoms with Crippen molar-refractivity contribution in [3.63, 3.8) is 0 Å². The monoisotopic (exact) mass is 296 g/mol. The van der Waals surface area contributed by atoms with Gasteiger partial charge in [0, 0.05) is 25.2 Å². The third kappa shape index (κ3) is 3.46. The highest BCUT2D eigenvalue weighted by molar-refractivity contribution is 5.06. The maximum absolute atomic E-state index is 6.34. The number of hydrogen-bond acceptors (Lipinski definition) is 3. The molecule has 2 N–H and O–H groups in total. The van der Waals surface area contributed by atoms with Crippen LogP contribution in [0.3, 0.4) is 0 Å². The Bertz CT molecular complexity index is 373. The summed E-state index contributed by atoms with van der Waals surface area (Å²) in [7, 11) is 0. The van der Waals surface area contributed by atoms with Crippen molar-refractivity contribution in [2.45, 2.75) is 84.5 Å². The van der Waals surface area contributed by atoms with Gasteiger partial charge in [-0.2, -0.15) is 0 Å². The van der Waals surface area contributed by atoms with Crippen LogP contribution in [0.25, 0.3) is 0 Å². The molecule has 2 unspecified atom stereocenters. The summed E-state index contributed by atoms with van der Waals surface area (Å²) in [6, 6.07) is 0. The molecule has 0 radical (unpaired) electrons. The van der Waals surface area contributed by atoms with Crippen LogP contribution in [0, 0.1) is 11.3 Å². The molecular weight excluding hydrogens is 260 g/mol. The van der Waals surface area contributed by atoms with Gasteiger partial charge in [0.25, 0.3) is 0 Å². The minimum absolute atomic E-state index is 0.101. The Labute approximate surface area is 131 Å². The molecule has 0 amide bonds. The van der Waals surface area contributed by atoms with Crippen molar-refractivity contribution in [1.82, 2.24) is 4.90 Å². The number of rotatable bonds is 2. The highest BCUT2D eigenvalue weighted by Gasteiger charge is 2.51. The summed E-state index contributed by atoms with van der Waals surface area (Å²) in [5.74, 6) is 0.635. The Morgan fingerprint density at radius 3 is 1.95 bits per heavy atom. The molecule has 0 bridgehead atoms. The van der Waals surface area contributed by atoms with Crippen LogP contribution in [0.4, 0.5) is 0 Å². The Morgan fingerprint density at radius 2 is 1.52 bits per heavy atom. The van der Waals surface area contributed by atoms with Gasteiger partial charge in [-0.25, -0.2) is 0 Å². The Balaban J connectivity index is 2.28. The van der Waals surface area contributed by atoms with Crippen LogP contribution in [0.2, 0.25) is 0 Å². The topological polar surface area (TPSA) is 38.5 Å². The minimum atomic E-state index is -0.101. The Hall–Kier alpha value is -0.120. The zero-order valence-electron chi connectivity index (χ0n) is 15.3. The van der Waals surface area contributed by atoms with Crippen molar-refractivity contribution in [2.24, 2.45) is 17.1 Å². The quantitative estimate of drug-likeness (QED) is 0.848. The van der Waals surface area contributed by atoms with E-state index in [0.717, 1.165) is 19.6 Å². The smallest absolute Gasteiger partial charge is 0.0761 e. The second kappa shape index (κ2) is 5.21. The molecule has 2 atom stereocenters. The summed E-state index contributed by atoms with van der Waals surface area (Å²) < 4.78 is 6.27. The lowest BCUT2D eigenvalue weighted by molar-refractivity contribution is -0.209. The lowest BCUT2D eigenvalue weighted by Crippen LogP contribution is -2.69. The second-order valence-electron chi connectivity index (χ2n) is 9.55. The minimum Gasteiger partial charge on any atom is -0.367 e. The van der Waals surface area contributed by atoms with E-state index in [1.54, 1.807) is 0 Å². The van der Waals surface area contributed by atoms with Crippen molar-refractivity contribution < 1.29 is 4.74 Å². The molecule has 1 saturated heterocycles. The van der Waals surface area contributed by atoms with E-state index < -0.39 is 0 Å². The molecule has 2 fully saturated rings. The molecule has 2 rings (SSSR count). The van der Waals surface area contributed by atoms with Gasteiger partial charge in [0.05, 0.1) is 11.2 Å². The van der Waals surface area contributed by atoms with E-state index >= 15 is 0 Å². The fraction of sp³-hybridized carbons (Fsp3) is 1.00. The van der Waals surface area contributed by atoms with Gasteiger partial charge in [0.15, 0.2) is 0 Å². The maximum atomic E-state index is 6.34. The summed E-state index contributed by atoms with van der Waals surface area (Å²) in [5.41, 5.74) is 6.74. The first kappa shape index (κ1) is 17.2. The summed E-state index contributed by atoms with van der Waals surface area (Å²) in [5, 5.41) is 0. The SMILES string of the molecule is CC1CC(C)(C)CCC1(CN)N1CC(C)(C)OC(C)(C)C1. The van der Waals surface area contributed by atoms with Crippen LogP contribution in [-0.4, -0.2) is 41.3 Å². The fourth-order valence-corrected chi connectivity index (χ4v) is 4.93. The van der Waals surface area contributed by atoms with Crippen molar-refractivity contribution in [2.75, 3.05) is 19.6 Å². The molecule has 0 aromatic carbocycles. The molecule has 3 heteroatoms. The van der Waals surface area contributed by atoms with Gasteiger partial charge in [-0.15, -0.1) is 0 Å². The molecule has 3 nitrogen and oxygen atoms in total. The van der Waals surface area contributed by atoms with E-state index in [9.17, 15) is 0 Å². The molecule has 0 spiro atoms. The first-order valence-electron chi connectivity index (χ1n) is 8.57. The van der Waals surface area contributed by atoms with Gasteiger partial charge >= 0.3 is 0 Å². The number of nitrogens with two attached hydrogens (primary N) is 1. The Kier molecular flexibility index (Phi) is 4.28. The highest BCUT2D eigenvalue weighted by atomic mass is 16.5. The summed E-state index contributed by atoms with van der Waals surface area (Å²) >= 11 is 0. The molecule has 21 heavy (non-hydrogen) atoms. The average Bonchev–Trinajstić information content (AvgIpc) is 2.24. The zero-order valence-corrected chi connectivity index (χ0v) is 15.3. The van der Waals surface area contributed by atoms with Crippen LogP contribution < -0.4 is 5.73 Å². The Morgan fingerprint density at radius 1 is 1.00 bits per heavy atom. The third-order valence-corrected chi connectivity index (χ3v) is 5.69. The van der Waals surface area contributed by atoms with Gasteiger partial charge < -0.3 is 10.5 Å². The predicted octanol–water partition coefficient (Wildman–Crippen LogP) is 3.42. The van der Waals surface area contributed by atoms with Crippen molar-refractivity contribution >= 4 is 0 Å². The number of hydrogen-bond donors (Lipinski definition) is 1. The molecule has 1 heterocycles. The number of ether oxygens (including phenoxy) is 1. The van der Waals surface area contributed by atoms with Crippen LogP contribution in [-0.2, 0) is 4.74 Å². The molecule has 0 aromatic rings. The molecule has 1 aliphatic carbocycles. The van der Waals surface area contributed by atoms with Crippen LogP contribution in [0.15, 0.2) is 0 Å². The lowest BCUT2D eigenvalue weighted by atomic mass is 9.62. The third-order valence-electron chi connectivity index (χ3n) is 5.69. The molecule has 124 valence electrons. The van der Waals surface area contributed by atoms with Crippen molar-refractivity contribution in [3.8, 4) is 0 Å². The summed E-state index contributed by atoms with van der Waals surface area (Å²) in [6.45, 7) is 18.8. The highest BCUT2D eigenvalue weighted by Crippen LogP contribution is 2.48. The fourth-order valence-electron chi connectivity index (χ4n) is 4.93. The van der Waals surface area contributed by atoms with Gasteiger partial charge in [-0.1, -0.05) is 20.8 Å². The second-order valence-corrected chi connectivity index (χ2v) is 9.55. The first-order chi connectivity index (χ1) is 9.41. The van der Waals surface area contributed by atoms with E-state index in [4.69, 9.17) is 10.5 Å². The van der Waals surface area contributed by atoms with Crippen LogP contribution in [0.1, 0.15) is 67.7 Å². The molecule has 0 aromatic heterocycles. The van der Waals surface area contributed by atoms with E-state index in [1.165, 1.54) is 19.3 Å². The molecular formula is C18H36N2O. The molecule has 1 aliphatic heterocycles. The van der Waals surface area contributed by atoms with Gasteiger partial charge in [-0.3, -0.25) is 4.90 Å². The van der Waals surface area contributed by atoms with Crippen LogP contribution >= 0.6 is 0 Å². The molecule has 2 aliphatic rings. The van der Waals surface area contributed by atoms with E-state index in [0.29, 0.717) is 11.3 Å². The number of morpholine rings is 1. The van der Waals surface area contributed by atoms with Gasteiger partial charge in [-0.05, 0) is 58.3 Å². The van der Waals surface area contributed by atoms with Crippen molar-refractivity contribution in [1.29, 1.82) is 0 Å². The first-order valence-corrected chi connectivity index (χ1v) is 8.57. The van der Waals surface area contributed by atoms with E-state index in [2.05, 4.69) is 53.4 Å². The normalized spacial score (nSPS) is 39.1. The van der Waals surface area contributed by atoms with Crippen molar-refractivity contribution in [3.05, 3.63) is 0 Å². The standard InChI is InChI=1S/C18H36N2O/c1-14-10-15(2,3)8-9-18(14,11-19)20-12-16(4,5)21-17(6,7)13-20/h14H,8-13,19H2,1-7H3. The molecule has 1 saturated carbocycles. The number of nitrogens with zero attached hydrogens (tertiary/aromatic N) is 1. The van der Waals surface area contributed by atoms with E-state index in [1.807, 2.05) is 0 Å². The lowest BCUT2D eigenvalue weighted by Gasteiger charge is -2.59. The summed E-state index contributed by atoms with van der Waals surface area (Å²) in [4.78, 5) is 2.66. The van der Waals surface area contributed by atoms with Gasteiger partial charge in [0.2, 0.25) is 0 Å². The predicted molar refractivity (Wildman–Crippen MR) is 89.4 cm³/mol. The van der Waals surface area contributed by atoms with Gasteiger partial charge in [0.1, 0.15) is 0 Å². The zero-order chi connectivity index (χ0) is 16.1. The largest absolute Gasteiger partial charge is 0.367 e. The van der Waals surface area contributed by atoms with E-state index in [-0.39, 0.29) is 16.7 Å². The van der Waals surface area contributed by atoms with Crippen LogP contribution in [0.5, 0.6) is 0 Å².